The van der Waals surface area contributed by atoms with Crippen molar-refractivity contribution in [3.63, 3.8) is 0 Å². The van der Waals surface area contributed by atoms with Gasteiger partial charge in [0.1, 0.15) is 6.23 Å². The van der Waals surface area contributed by atoms with E-state index in [2.05, 4.69) is 4.98 Å². The summed E-state index contributed by atoms with van der Waals surface area (Å²) in [6.45, 7) is 0. The highest BCUT2D eigenvalue weighted by molar-refractivity contribution is 5.72. The quantitative estimate of drug-likeness (QED) is 0.690. The Kier molecular flexibility index (Phi) is 2.11. The van der Waals surface area contributed by atoms with Crippen molar-refractivity contribution in [1.82, 2.24) is 4.98 Å². The summed E-state index contributed by atoms with van der Waals surface area (Å²) in [5, 5.41) is 0. The van der Waals surface area contributed by atoms with Crippen LogP contribution in [0.3, 0.4) is 0 Å². The van der Waals surface area contributed by atoms with Gasteiger partial charge in [0, 0.05) is 7.11 Å². The monoisotopic (exact) mass is 194 g/mol. The molecule has 0 saturated carbocycles. The number of H-pyrrole nitrogens is 1. The normalized spacial score (nSPS) is 13.3. The fraction of sp³-hybridized carbons (Fsp3) is 0.222. The second-order valence-corrected chi connectivity index (χ2v) is 2.93. The number of benzene rings is 1. The van der Waals surface area contributed by atoms with E-state index in [1.54, 1.807) is 18.2 Å². The third kappa shape index (κ3) is 1.43. The maximum Gasteiger partial charge on any atom is 0.417 e. The van der Waals surface area contributed by atoms with Crippen LogP contribution in [0.4, 0.5) is 0 Å². The zero-order valence-corrected chi connectivity index (χ0v) is 7.61. The lowest BCUT2D eigenvalue weighted by Crippen LogP contribution is -2.11. The van der Waals surface area contributed by atoms with Gasteiger partial charge in [-0.25, -0.2) is 4.79 Å². The predicted octanol–water partition coefficient (Wildman–Crippen LogP) is 0.725. The Bertz CT molecular complexity index is 500. The van der Waals surface area contributed by atoms with Gasteiger partial charge in [-0.05, 0) is 17.7 Å². The second kappa shape index (κ2) is 3.28. The number of nitrogens with one attached hydrogen (secondary N) is 1. The van der Waals surface area contributed by atoms with E-state index >= 15 is 0 Å². The van der Waals surface area contributed by atoms with Crippen LogP contribution in [0, 0.1) is 0 Å². The largest absolute Gasteiger partial charge is 0.417 e. The summed E-state index contributed by atoms with van der Waals surface area (Å²) in [7, 11) is 1.52. The van der Waals surface area contributed by atoms with Gasteiger partial charge in [-0.15, -0.1) is 0 Å². The van der Waals surface area contributed by atoms with Gasteiger partial charge in [-0.1, -0.05) is 6.07 Å². The molecule has 0 aliphatic rings. The summed E-state index contributed by atoms with van der Waals surface area (Å²) in [5.74, 6) is -0.469. The molecule has 5 nitrogen and oxygen atoms in total. The Morgan fingerprint density at radius 1 is 1.57 bits per heavy atom. The lowest BCUT2D eigenvalue weighted by atomic mass is 10.2. The summed E-state index contributed by atoms with van der Waals surface area (Å²) >= 11 is 0. The minimum Gasteiger partial charge on any atom is -0.408 e. The van der Waals surface area contributed by atoms with Crippen molar-refractivity contribution >= 4 is 11.1 Å². The molecule has 1 heterocycles. The van der Waals surface area contributed by atoms with Gasteiger partial charge in [-0.2, -0.15) is 0 Å². The maximum absolute atomic E-state index is 10.9. The molecule has 3 N–H and O–H groups in total. The highest BCUT2D eigenvalue weighted by Crippen LogP contribution is 2.16. The molecule has 1 atom stereocenters. The fourth-order valence-corrected chi connectivity index (χ4v) is 1.28. The van der Waals surface area contributed by atoms with Crippen LogP contribution in [0.15, 0.2) is 27.4 Å². The molecule has 14 heavy (non-hydrogen) atoms. The van der Waals surface area contributed by atoms with E-state index in [9.17, 15) is 4.79 Å². The van der Waals surface area contributed by atoms with Crippen molar-refractivity contribution < 1.29 is 9.15 Å². The molecule has 1 aromatic heterocycles. The van der Waals surface area contributed by atoms with Crippen LogP contribution in [0.2, 0.25) is 0 Å². The Morgan fingerprint density at radius 2 is 2.36 bits per heavy atom. The highest BCUT2D eigenvalue weighted by atomic mass is 16.5. The molecule has 0 bridgehead atoms. The first-order valence-corrected chi connectivity index (χ1v) is 4.12. The summed E-state index contributed by atoms with van der Waals surface area (Å²) < 4.78 is 9.82. The van der Waals surface area contributed by atoms with E-state index in [0.29, 0.717) is 11.1 Å². The first kappa shape index (κ1) is 8.98. The number of hydrogen-bond donors (Lipinski definition) is 2. The molecule has 1 unspecified atom stereocenters. The topological polar surface area (TPSA) is 81.2 Å². The van der Waals surface area contributed by atoms with E-state index in [1.807, 2.05) is 0 Å². The number of methoxy groups -OCH3 is 1. The Labute approximate surface area is 79.5 Å². The van der Waals surface area contributed by atoms with Crippen molar-refractivity contribution in [2.45, 2.75) is 6.23 Å². The number of nitrogens with two attached hydrogens (primary N) is 1. The smallest absolute Gasteiger partial charge is 0.408 e. The maximum atomic E-state index is 10.9. The summed E-state index contributed by atoms with van der Waals surface area (Å²) in [6.07, 6.45) is -0.500. The van der Waals surface area contributed by atoms with E-state index in [4.69, 9.17) is 14.9 Å². The average Bonchev–Trinajstić information content (AvgIpc) is 2.55. The molecule has 0 radical (unpaired) electrons. The zero-order valence-electron chi connectivity index (χ0n) is 7.61. The van der Waals surface area contributed by atoms with Crippen molar-refractivity contribution in [3.8, 4) is 0 Å². The molecule has 0 fully saturated rings. The van der Waals surface area contributed by atoms with Crippen LogP contribution in [0.5, 0.6) is 0 Å². The Balaban J connectivity index is 2.55. The molecule has 0 saturated heterocycles. The van der Waals surface area contributed by atoms with E-state index in [0.717, 1.165) is 5.56 Å². The zero-order chi connectivity index (χ0) is 10.1. The van der Waals surface area contributed by atoms with Gasteiger partial charge in [0.25, 0.3) is 0 Å². The molecule has 1 aromatic carbocycles. The lowest BCUT2D eigenvalue weighted by molar-refractivity contribution is 0.109. The van der Waals surface area contributed by atoms with E-state index in [1.165, 1.54) is 7.11 Å². The first-order chi connectivity index (χ1) is 6.70. The molecular weight excluding hydrogens is 184 g/mol. The highest BCUT2D eigenvalue weighted by Gasteiger charge is 2.07. The molecule has 74 valence electrons. The molecular formula is C9H10N2O3. The van der Waals surface area contributed by atoms with Gasteiger partial charge in [0.2, 0.25) is 0 Å². The van der Waals surface area contributed by atoms with Crippen molar-refractivity contribution in [1.29, 1.82) is 0 Å². The van der Waals surface area contributed by atoms with Crippen LogP contribution in [0.25, 0.3) is 11.1 Å². The van der Waals surface area contributed by atoms with Gasteiger partial charge >= 0.3 is 5.76 Å². The molecule has 5 heteroatoms. The van der Waals surface area contributed by atoms with Crippen LogP contribution < -0.4 is 11.5 Å². The molecule has 0 amide bonds. The molecule has 2 aromatic rings. The van der Waals surface area contributed by atoms with Gasteiger partial charge in [0.15, 0.2) is 5.58 Å². The number of oxazole rings is 1. The van der Waals surface area contributed by atoms with Crippen molar-refractivity contribution in [2.24, 2.45) is 5.73 Å². The third-order valence-corrected chi connectivity index (χ3v) is 2.03. The number of fused-ring (bicyclic) bond motifs is 1. The first-order valence-electron chi connectivity index (χ1n) is 4.12. The molecule has 0 aliphatic carbocycles. The minimum absolute atomic E-state index is 0.469. The molecule has 0 aliphatic heterocycles. The average molecular weight is 194 g/mol. The number of rotatable bonds is 2. The third-order valence-electron chi connectivity index (χ3n) is 2.03. The second-order valence-electron chi connectivity index (χ2n) is 2.93. The van der Waals surface area contributed by atoms with Crippen molar-refractivity contribution in [2.75, 3.05) is 7.11 Å². The van der Waals surface area contributed by atoms with Gasteiger partial charge in [0.05, 0.1) is 5.52 Å². The number of aromatic amines is 1. The number of hydrogen-bond acceptors (Lipinski definition) is 4. The van der Waals surface area contributed by atoms with Crippen LogP contribution in [-0.2, 0) is 4.74 Å². The summed E-state index contributed by atoms with van der Waals surface area (Å²) in [6, 6.07) is 5.19. The minimum atomic E-state index is -0.500. The van der Waals surface area contributed by atoms with Crippen LogP contribution >= 0.6 is 0 Å². The molecule has 0 spiro atoms. The number of aromatic nitrogens is 1. The van der Waals surface area contributed by atoms with Crippen LogP contribution in [-0.4, -0.2) is 12.1 Å². The SMILES string of the molecule is COC(N)c1ccc2[nH]c(=O)oc2c1. The standard InChI is InChI=1S/C9H10N2O3/c1-13-8(10)5-2-3-6-7(4-5)14-9(12)11-6/h2-4,8H,10H2,1H3,(H,11,12). The number of ether oxygens (including phenoxy) is 1. The Morgan fingerprint density at radius 3 is 3.07 bits per heavy atom. The Hall–Kier alpha value is -1.59. The summed E-state index contributed by atoms with van der Waals surface area (Å²) in [4.78, 5) is 13.4. The lowest BCUT2D eigenvalue weighted by Gasteiger charge is -2.08. The van der Waals surface area contributed by atoms with E-state index < -0.39 is 12.0 Å². The molecule has 2 rings (SSSR count). The predicted molar refractivity (Wildman–Crippen MR) is 50.8 cm³/mol. The fourth-order valence-electron chi connectivity index (χ4n) is 1.28. The summed E-state index contributed by atoms with van der Waals surface area (Å²) in [5.41, 5.74) is 7.55. The van der Waals surface area contributed by atoms with Gasteiger partial charge < -0.3 is 14.9 Å². The van der Waals surface area contributed by atoms with Crippen molar-refractivity contribution in [3.05, 3.63) is 34.3 Å². The van der Waals surface area contributed by atoms with E-state index in [-0.39, 0.29) is 0 Å². The van der Waals surface area contributed by atoms with Crippen LogP contribution in [0.1, 0.15) is 11.8 Å². The van der Waals surface area contributed by atoms with Gasteiger partial charge in [-0.3, -0.25) is 4.98 Å².